The molecule has 0 aliphatic carbocycles. The molecule has 1 aromatic rings. The number of methoxy groups -OCH3 is 1. The van der Waals surface area contributed by atoms with Crippen LogP contribution in [0.5, 0.6) is 5.75 Å². The molecule has 0 aliphatic rings. The number of hydrogen-bond acceptors (Lipinski definition) is 4. The number of halogens is 3. The zero-order chi connectivity index (χ0) is 14.8. The van der Waals surface area contributed by atoms with Crippen molar-refractivity contribution in [1.82, 2.24) is 0 Å². The lowest BCUT2D eigenvalue weighted by atomic mass is 10.3. The molecule has 1 aromatic carbocycles. The van der Waals surface area contributed by atoms with Crippen molar-refractivity contribution in [3.8, 4) is 5.75 Å². The predicted octanol–water partition coefficient (Wildman–Crippen LogP) is 3.05. The van der Waals surface area contributed by atoms with Crippen molar-refractivity contribution < 1.29 is 27.4 Å². The topological polar surface area (TPSA) is 39.7 Å². The summed E-state index contributed by atoms with van der Waals surface area (Å²) in [5.74, 6) is -0.251. The van der Waals surface area contributed by atoms with E-state index < -0.39 is 6.36 Å². The number of hydrogen-bond donors (Lipinski definition) is 1. The number of ether oxygens (including phenoxy) is 3. The molecule has 0 saturated carbocycles. The van der Waals surface area contributed by atoms with Crippen LogP contribution in [0.1, 0.15) is 6.42 Å². The maximum atomic E-state index is 12.2. The van der Waals surface area contributed by atoms with E-state index in [1.54, 1.807) is 13.2 Å². The molecule has 0 aliphatic heterocycles. The van der Waals surface area contributed by atoms with Crippen molar-refractivity contribution in [2.45, 2.75) is 12.8 Å². The van der Waals surface area contributed by atoms with Gasteiger partial charge >= 0.3 is 6.36 Å². The molecule has 0 amide bonds. The Hall–Kier alpha value is -1.47. The largest absolute Gasteiger partial charge is 0.573 e. The molecule has 0 saturated heterocycles. The summed E-state index contributed by atoms with van der Waals surface area (Å²) in [5.41, 5.74) is 0.283. The lowest BCUT2D eigenvalue weighted by Gasteiger charge is -2.14. The quantitative estimate of drug-likeness (QED) is 0.710. The first-order valence-electron chi connectivity index (χ1n) is 6.18. The van der Waals surface area contributed by atoms with E-state index in [0.29, 0.717) is 26.4 Å². The third-order valence-electron chi connectivity index (χ3n) is 2.31. The van der Waals surface area contributed by atoms with Gasteiger partial charge in [0.2, 0.25) is 0 Å². The molecule has 1 N–H and O–H groups in total. The van der Waals surface area contributed by atoms with Gasteiger partial charge < -0.3 is 19.5 Å². The highest BCUT2D eigenvalue weighted by Crippen LogP contribution is 2.29. The molecule has 1 rings (SSSR count). The van der Waals surface area contributed by atoms with Crippen LogP contribution in [-0.2, 0) is 9.47 Å². The summed E-state index contributed by atoms with van der Waals surface area (Å²) in [6.45, 7) is 1.96. The van der Waals surface area contributed by atoms with E-state index in [9.17, 15) is 13.2 Å². The number of nitrogens with one attached hydrogen (secondary N) is 1. The van der Waals surface area contributed by atoms with Gasteiger partial charge in [0.25, 0.3) is 0 Å². The molecular formula is C13H18F3NO3. The van der Waals surface area contributed by atoms with Gasteiger partial charge in [-0.25, -0.2) is 0 Å². The van der Waals surface area contributed by atoms with Gasteiger partial charge in [-0.15, -0.1) is 13.2 Å². The Balaban J connectivity index is 2.33. The second kappa shape index (κ2) is 8.65. The van der Waals surface area contributed by atoms with Gasteiger partial charge in [0, 0.05) is 26.9 Å². The molecule has 0 unspecified atom stereocenters. The van der Waals surface area contributed by atoms with E-state index in [1.807, 2.05) is 0 Å². The first kappa shape index (κ1) is 16.6. The Bertz CT molecular complexity index is 385. The summed E-state index contributed by atoms with van der Waals surface area (Å²) in [4.78, 5) is 0. The van der Waals surface area contributed by atoms with Gasteiger partial charge in [0.15, 0.2) is 5.75 Å². The average molecular weight is 293 g/mol. The van der Waals surface area contributed by atoms with Crippen molar-refractivity contribution in [3.05, 3.63) is 24.3 Å². The molecule has 20 heavy (non-hydrogen) atoms. The summed E-state index contributed by atoms with van der Waals surface area (Å²) >= 11 is 0. The summed E-state index contributed by atoms with van der Waals surface area (Å²) in [6.07, 6.45) is -3.92. The summed E-state index contributed by atoms with van der Waals surface area (Å²) in [6, 6.07) is 5.89. The van der Waals surface area contributed by atoms with Gasteiger partial charge in [0.1, 0.15) is 0 Å². The Morgan fingerprint density at radius 3 is 2.55 bits per heavy atom. The van der Waals surface area contributed by atoms with Crippen LogP contribution in [0.2, 0.25) is 0 Å². The van der Waals surface area contributed by atoms with Crippen molar-refractivity contribution >= 4 is 5.69 Å². The van der Waals surface area contributed by atoms with Crippen molar-refractivity contribution in [2.24, 2.45) is 0 Å². The van der Waals surface area contributed by atoms with Crippen molar-refractivity contribution in [1.29, 1.82) is 0 Å². The standard InChI is InChI=1S/C13H18F3NO3/c1-18-8-4-9-19-10-7-17-11-5-2-3-6-12(11)20-13(14,15)16/h2-3,5-6,17H,4,7-10H2,1H3. The number of para-hydroxylation sites is 2. The van der Waals surface area contributed by atoms with E-state index >= 15 is 0 Å². The van der Waals surface area contributed by atoms with Crippen molar-refractivity contribution in [2.75, 3.05) is 38.8 Å². The molecule has 0 fully saturated rings. The fourth-order valence-corrected chi connectivity index (χ4v) is 1.49. The monoisotopic (exact) mass is 293 g/mol. The zero-order valence-corrected chi connectivity index (χ0v) is 11.2. The molecule has 0 radical (unpaired) electrons. The third-order valence-corrected chi connectivity index (χ3v) is 2.31. The van der Waals surface area contributed by atoms with E-state index in [4.69, 9.17) is 9.47 Å². The molecule has 7 heteroatoms. The van der Waals surface area contributed by atoms with Crippen LogP contribution in [0.3, 0.4) is 0 Å². The highest BCUT2D eigenvalue weighted by Gasteiger charge is 2.31. The van der Waals surface area contributed by atoms with Gasteiger partial charge in [-0.3, -0.25) is 0 Å². The first-order chi connectivity index (χ1) is 9.53. The summed E-state index contributed by atoms with van der Waals surface area (Å²) < 4.78 is 50.7. The van der Waals surface area contributed by atoms with Gasteiger partial charge in [-0.05, 0) is 18.6 Å². The van der Waals surface area contributed by atoms with Gasteiger partial charge in [-0.1, -0.05) is 12.1 Å². The van der Waals surface area contributed by atoms with Crippen LogP contribution in [-0.4, -0.2) is 39.8 Å². The minimum atomic E-state index is -4.70. The number of benzene rings is 1. The normalized spacial score (nSPS) is 11.4. The SMILES string of the molecule is COCCCOCCNc1ccccc1OC(F)(F)F. The maximum Gasteiger partial charge on any atom is 0.573 e. The van der Waals surface area contributed by atoms with E-state index in [0.717, 1.165) is 6.42 Å². The molecule has 0 atom stereocenters. The summed E-state index contributed by atoms with van der Waals surface area (Å²) in [5, 5.41) is 2.85. The molecule has 0 bridgehead atoms. The number of anilines is 1. The van der Waals surface area contributed by atoms with E-state index in [-0.39, 0.29) is 11.4 Å². The Labute approximate surface area is 115 Å². The molecule has 114 valence electrons. The Morgan fingerprint density at radius 1 is 1.10 bits per heavy atom. The third kappa shape index (κ3) is 7.20. The Morgan fingerprint density at radius 2 is 1.85 bits per heavy atom. The highest BCUT2D eigenvalue weighted by molar-refractivity contribution is 5.56. The van der Waals surface area contributed by atoms with Crippen LogP contribution >= 0.6 is 0 Å². The van der Waals surface area contributed by atoms with Gasteiger partial charge in [0.05, 0.1) is 12.3 Å². The molecule has 0 heterocycles. The van der Waals surface area contributed by atoms with E-state index in [2.05, 4.69) is 10.1 Å². The zero-order valence-electron chi connectivity index (χ0n) is 11.2. The number of alkyl halides is 3. The first-order valence-corrected chi connectivity index (χ1v) is 6.18. The fraction of sp³-hybridized carbons (Fsp3) is 0.538. The van der Waals surface area contributed by atoms with Crippen LogP contribution in [0.25, 0.3) is 0 Å². The molecule has 0 spiro atoms. The highest BCUT2D eigenvalue weighted by atomic mass is 19.4. The molecule has 0 aromatic heterocycles. The lowest BCUT2D eigenvalue weighted by molar-refractivity contribution is -0.274. The average Bonchev–Trinajstić information content (AvgIpc) is 2.38. The molecular weight excluding hydrogens is 275 g/mol. The fourth-order valence-electron chi connectivity index (χ4n) is 1.49. The summed E-state index contributed by atoms with van der Waals surface area (Å²) in [7, 11) is 1.61. The second-order valence-corrected chi connectivity index (χ2v) is 3.93. The Kier molecular flexibility index (Phi) is 7.17. The smallest absolute Gasteiger partial charge is 0.404 e. The number of rotatable bonds is 9. The molecule has 4 nitrogen and oxygen atoms in total. The van der Waals surface area contributed by atoms with E-state index in [1.165, 1.54) is 18.2 Å². The van der Waals surface area contributed by atoms with Crippen LogP contribution in [0.4, 0.5) is 18.9 Å². The van der Waals surface area contributed by atoms with Crippen LogP contribution in [0, 0.1) is 0 Å². The maximum absolute atomic E-state index is 12.2. The minimum Gasteiger partial charge on any atom is -0.404 e. The van der Waals surface area contributed by atoms with Crippen LogP contribution in [0.15, 0.2) is 24.3 Å². The van der Waals surface area contributed by atoms with Crippen molar-refractivity contribution in [3.63, 3.8) is 0 Å². The predicted molar refractivity (Wildman–Crippen MR) is 68.9 cm³/mol. The van der Waals surface area contributed by atoms with Gasteiger partial charge in [-0.2, -0.15) is 0 Å². The second-order valence-electron chi connectivity index (χ2n) is 3.93. The lowest BCUT2D eigenvalue weighted by Crippen LogP contribution is -2.19. The minimum absolute atomic E-state index is 0.251. The van der Waals surface area contributed by atoms with Crippen LogP contribution < -0.4 is 10.1 Å².